The summed E-state index contributed by atoms with van der Waals surface area (Å²) in [5, 5.41) is 47.3. The van der Waals surface area contributed by atoms with Crippen molar-refractivity contribution < 1.29 is 63.6 Å². The molecular formula is C27H37N7O13. The lowest BCUT2D eigenvalue weighted by molar-refractivity contribution is -0.147. The van der Waals surface area contributed by atoms with Crippen LogP contribution in [0.25, 0.3) is 0 Å². The van der Waals surface area contributed by atoms with E-state index in [4.69, 9.17) is 21.7 Å². The number of hydrogen-bond acceptors (Lipinski definition) is 11. The summed E-state index contributed by atoms with van der Waals surface area (Å²) in [7, 11) is 0. The van der Waals surface area contributed by atoms with Crippen LogP contribution in [-0.4, -0.2) is 117 Å². The van der Waals surface area contributed by atoms with Crippen molar-refractivity contribution in [3.05, 3.63) is 35.9 Å². The van der Waals surface area contributed by atoms with Crippen molar-refractivity contribution >= 4 is 53.4 Å². The number of aliphatic hydroxyl groups excluding tert-OH is 1. The Morgan fingerprint density at radius 1 is 0.681 bits per heavy atom. The lowest BCUT2D eigenvalue weighted by Gasteiger charge is -2.23. The Morgan fingerprint density at radius 2 is 1.26 bits per heavy atom. The number of carboxylic acids is 3. The topological polar surface area (TPSA) is 347 Å². The van der Waals surface area contributed by atoms with Crippen molar-refractivity contribution in [2.45, 2.75) is 62.3 Å². The lowest BCUT2D eigenvalue weighted by atomic mass is 10.0. The number of aliphatic hydroxyl groups is 1. The Kier molecular flexibility index (Phi) is 16.5. The van der Waals surface area contributed by atoms with Gasteiger partial charge in [-0.05, 0) is 12.0 Å². The van der Waals surface area contributed by atoms with Gasteiger partial charge in [-0.2, -0.15) is 0 Å². The van der Waals surface area contributed by atoms with Crippen LogP contribution in [-0.2, 0) is 49.6 Å². The maximum absolute atomic E-state index is 12.9. The van der Waals surface area contributed by atoms with E-state index in [1.165, 1.54) is 0 Å². The van der Waals surface area contributed by atoms with Crippen LogP contribution in [0, 0.1) is 0 Å². The molecule has 0 aliphatic heterocycles. The summed E-state index contributed by atoms with van der Waals surface area (Å²) in [5.41, 5.74) is 11.3. The summed E-state index contributed by atoms with van der Waals surface area (Å²) in [5.74, 6) is -10.7. The van der Waals surface area contributed by atoms with E-state index in [9.17, 15) is 53.4 Å². The third-order valence-electron chi connectivity index (χ3n) is 6.21. The van der Waals surface area contributed by atoms with Gasteiger partial charge in [-0.15, -0.1) is 0 Å². The maximum atomic E-state index is 12.9. The fraction of sp³-hybridized carbons (Fsp3) is 0.444. The van der Waals surface area contributed by atoms with E-state index >= 15 is 0 Å². The van der Waals surface area contributed by atoms with Gasteiger partial charge in [0.1, 0.15) is 24.2 Å². The molecule has 1 rings (SSSR count). The van der Waals surface area contributed by atoms with Gasteiger partial charge in [0, 0.05) is 12.8 Å². The molecule has 258 valence electrons. The van der Waals surface area contributed by atoms with E-state index in [0.717, 1.165) is 0 Å². The minimum Gasteiger partial charge on any atom is -0.481 e. The number of carbonyl (C=O) groups is 9. The van der Waals surface area contributed by atoms with Gasteiger partial charge >= 0.3 is 17.9 Å². The van der Waals surface area contributed by atoms with Crippen LogP contribution < -0.4 is 38.1 Å². The molecule has 13 N–H and O–H groups in total. The molecule has 0 saturated carbocycles. The molecule has 0 aromatic heterocycles. The van der Waals surface area contributed by atoms with Crippen LogP contribution in [0.4, 0.5) is 0 Å². The highest BCUT2D eigenvalue weighted by Gasteiger charge is 2.31. The number of benzene rings is 1. The van der Waals surface area contributed by atoms with Crippen molar-refractivity contribution in [2.75, 3.05) is 13.2 Å². The molecule has 0 heterocycles. The first kappa shape index (κ1) is 39.4. The van der Waals surface area contributed by atoms with Gasteiger partial charge < -0.3 is 58.5 Å². The minimum absolute atomic E-state index is 0.159. The SMILES string of the molecule is NC(=O)C[C@H](NC(=O)[C@@H](N)CCC(=O)O)C(=O)N[C@@H](CO)C(=O)NCC(=O)N[C@@H](Cc1ccccc1)C(=O)N[C@@H](CC(=O)O)C(=O)O. The number of aliphatic carboxylic acids is 3. The molecule has 0 fully saturated rings. The fourth-order valence-electron chi connectivity index (χ4n) is 3.81. The zero-order valence-corrected chi connectivity index (χ0v) is 24.8. The molecule has 0 bridgehead atoms. The van der Waals surface area contributed by atoms with E-state index in [0.29, 0.717) is 5.56 Å². The van der Waals surface area contributed by atoms with Crippen molar-refractivity contribution in [1.82, 2.24) is 26.6 Å². The zero-order valence-electron chi connectivity index (χ0n) is 24.8. The van der Waals surface area contributed by atoms with Gasteiger partial charge in [-0.3, -0.25) is 38.4 Å². The Morgan fingerprint density at radius 3 is 1.79 bits per heavy atom. The number of nitrogens with one attached hydrogen (secondary N) is 5. The molecule has 0 unspecified atom stereocenters. The molecule has 0 spiro atoms. The van der Waals surface area contributed by atoms with Gasteiger partial charge in [0.05, 0.1) is 32.0 Å². The monoisotopic (exact) mass is 667 g/mol. The highest BCUT2D eigenvalue weighted by molar-refractivity contribution is 5.97. The highest BCUT2D eigenvalue weighted by atomic mass is 16.4. The van der Waals surface area contributed by atoms with Gasteiger partial charge in [-0.25, -0.2) is 4.79 Å². The van der Waals surface area contributed by atoms with Crippen LogP contribution >= 0.6 is 0 Å². The lowest BCUT2D eigenvalue weighted by Crippen LogP contribution is -2.58. The molecule has 20 heteroatoms. The van der Waals surface area contributed by atoms with Crippen LogP contribution in [0.1, 0.15) is 31.2 Å². The molecule has 5 atom stereocenters. The number of nitrogens with two attached hydrogens (primary N) is 2. The normalized spacial score (nSPS) is 13.7. The van der Waals surface area contributed by atoms with Crippen molar-refractivity contribution in [3.63, 3.8) is 0 Å². The number of primary amides is 1. The molecule has 0 saturated heterocycles. The predicted molar refractivity (Wildman–Crippen MR) is 157 cm³/mol. The zero-order chi connectivity index (χ0) is 35.7. The number of hydrogen-bond donors (Lipinski definition) is 11. The van der Waals surface area contributed by atoms with E-state index < -0.39 is 116 Å². The van der Waals surface area contributed by atoms with E-state index in [-0.39, 0.29) is 12.8 Å². The van der Waals surface area contributed by atoms with Crippen molar-refractivity contribution in [1.29, 1.82) is 0 Å². The molecule has 20 nitrogen and oxygen atoms in total. The second-order valence-corrected chi connectivity index (χ2v) is 10.0. The summed E-state index contributed by atoms with van der Waals surface area (Å²) in [6.45, 7) is -1.84. The number of rotatable bonds is 21. The number of carboxylic acid groups (broad SMARTS) is 3. The second kappa shape index (κ2) is 19.7. The largest absolute Gasteiger partial charge is 0.481 e. The average Bonchev–Trinajstić information content (AvgIpc) is 2.99. The third-order valence-corrected chi connectivity index (χ3v) is 6.21. The molecule has 6 amide bonds. The molecule has 0 radical (unpaired) electrons. The van der Waals surface area contributed by atoms with Crippen LogP contribution in [0.5, 0.6) is 0 Å². The molecular weight excluding hydrogens is 630 g/mol. The number of carbonyl (C=O) groups excluding carboxylic acids is 6. The van der Waals surface area contributed by atoms with Crippen molar-refractivity contribution in [2.24, 2.45) is 11.5 Å². The summed E-state index contributed by atoms with van der Waals surface area (Å²) >= 11 is 0. The average molecular weight is 668 g/mol. The Bertz CT molecular complexity index is 1330. The Hall–Kier alpha value is -5.63. The van der Waals surface area contributed by atoms with Gasteiger partial charge in [0.2, 0.25) is 35.4 Å². The maximum Gasteiger partial charge on any atom is 0.326 e. The standard InChI is InChI=1S/C27H37N7O13/c28-14(6-7-21(38)39)23(42)32-16(9-19(29)36)26(45)34-18(12-35)24(43)30-11-20(37)31-15(8-13-4-2-1-3-5-13)25(44)33-17(27(46)47)10-22(40)41/h1-5,14-18,35H,6-12,28H2,(H2,29,36)(H,30,43)(H,31,37)(H,32,42)(H,33,44)(H,34,45)(H,38,39)(H,40,41)(H,46,47)/t14-,15-,16-,17-,18-/m0/s1. The first-order valence-electron chi connectivity index (χ1n) is 13.9. The second-order valence-electron chi connectivity index (χ2n) is 10.0. The minimum atomic E-state index is -1.81. The Labute approximate surface area is 266 Å². The summed E-state index contributed by atoms with van der Waals surface area (Å²) < 4.78 is 0. The van der Waals surface area contributed by atoms with Gasteiger partial charge in [-0.1, -0.05) is 30.3 Å². The Balaban J connectivity index is 2.92. The quantitative estimate of drug-likeness (QED) is 0.0584. The van der Waals surface area contributed by atoms with E-state index in [2.05, 4.69) is 21.3 Å². The molecule has 1 aromatic carbocycles. The molecule has 0 aliphatic carbocycles. The van der Waals surface area contributed by atoms with Crippen LogP contribution in [0.15, 0.2) is 30.3 Å². The smallest absolute Gasteiger partial charge is 0.326 e. The van der Waals surface area contributed by atoms with Gasteiger partial charge in [0.25, 0.3) is 0 Å². The van der Waals surface area contributed by atoms with Crippen molar-refractivity contribution in [3.8, 4) is 0 Å². The number of amides is 6. The summed E-state index contributed by atoms with van der Waals surface area (Å²) in [6.07, 6.45) is -2.63. The first-order chi connectivity index (χ1) is 22.0. The van der Waals surface area contributed by atoms with Crippen LogP contribution in [0.3, 0.4) is 0 Å². The fourth-order valence-corrected chi connectivity index (χ4v) is 3.81. The molecule has 47 heavy (non-hydrogen) atoms. The molecule has 1 aromatic rings. The summed E-state index contributed by atoms with van der Waals surface area (Å²) in [4.78, 5) is 108. The summed E-state index contributed by atoms with van der Waals surface area (Å²) in [6, 6.07) is 0.146. The van der Waals surface area contributed by atoms with Crippen LogP contribution in [0.2, 0.25) is 0 Å². The highest BCUT2D eigenvalue weighted by Crippen LogP contribution is 2.05. The molecule has 0 aliphatic rings. The van der Waals surface area contributed by atoms with E-state index in [1.54, 1.807) is 30.3 Å². The van der Waals surface area contributed by atoms with Gasteiger partial charge in [0.15, 0.2) is 0 Å². The first-order valence-corrected chi connectivity index (χ1v) is 13.9. The predicted octanol–water partition coefficient (Wildman–Crippen LogP) is -5.10. The third kappa shape index (κ3) is 15.3. The van der Waals surface area contributed by atoms with E-state index in [1.807, 2.05) is 5.32 Å².